The number of allylic oxidation sites excluding steroid dienone is 2. The summed E-state index contributed by atoms with van der Waals surface area (Å²) in [4.78, 5) is 0. The summed E-state index contributed by atoms with van der Waals surface area (Å²) in [5, 5.41) is 3.48. The molecule has 0 heterocycles. The van der Waals surface area contributed by atoms with E-state index in [9.17, 15) is 0 Å². The van der Waals surface area contributed by atoms with Crippen molar-refractivity contribution < 1.29 is 1.43 Å². The molecule has 78 valence electrons. The maximum Gasteiger partial charge on any atom is 0.0441 e. The first-order chi connectivity index (χ1) is 6.69. The average molecular weight is 191 g/mol. The zero-order valence-electron chi connectivity index (χ0n) is 9.52. The van der Waals surface area contributed by atoms with Crippen molar-refractivity contribution in [3.63, 3.8) is 0 Å². The van der Waals surface area contributed by atoms with E-state index in [1.165, 1.54) is 22.5 Å². The molecule has 1 nitrogen and oxygen atoms in total. The van der Waals surface area contributed by atoms with Crippen molar-refractivity contribution in [2.75, 3.05) is 5.32 Å². The highest BCUT2D eigenvalue weighted by Gasteiger charge is 2.01. The van der Waals surface area contributed by atoms with Gasteiger partial charge < -0.3 is 5.32 Å². The summed E-state index contributed by atoms with van der Waals surface area (Å²) in [5.41, 5.74) is 5.14. The van der Waals surface area contributed by atoms with Crippen LogP contribution in [-0.4, -0.2) is 0 Å². The topological polar surface area (TPSA) is 12.0 Å². The summed E-state index contributed by atoms with van der Waals surface area (Å²) < 4.78 is 0. The van der Waals surface area contributed by atoms with Crippen molar-refractivity contribution in [3.05, 3.63) is 41.1 Å². The van der Waals surface area contributed by atoms with Crippen LogP contribution in [0.2, 0.25) is 0 Å². The average Bonchev–Trinajstić information content (AvgIpc) is 2.18. The van der Waals surface area contributed by atoms with Crippen LogP contribution in [0.5, 0.6) is 0 Å². The Hall–Kier alpha value is -1.24. The van der Waals surface area contributed by atoms with E-state index in [1.807, 2.05) is 0 Å². The van der Waals surface area contributed by atoms with Gasteiger partial charge in [-0.05, 0) is 38.3 Å². The van der Waals surface area contributed by atoms with Crippen molar-refractivity contribution in [1.29, 1.82) is 0 Å². The highest BCUT2D eigenvalue weighted by atomic mass is 14.9. The fourth-order valence-electron chi connectivity index (χ4n) is 1.54. The molecule has 14 heavy (non-hydrogen) atoms. The van der Waals surface area contributed by atoms with Gasteiger partial charge in [0.1, 0.15) is 0 Å². The summed E-state index contributed by atoms with van der Waals surface area (Å²) in [6, 6.07) is 6.37. The van der Waals surface area contributed by atoms with E-state index in [0.29, 0.717) is 0 Å². The highest BCUT2D eigenvalue weighted by molar-refractivity contribution is 5.59. The van der Waals surface area contributed by atoms with E-state index in [-0.39, 0.29) is 1.43 Å². The van der Waals surface area contributed by atoms with Crippen LogP contribution in [0, 0.1) is 13.8 Å². The van der Waals surface area contributed by atoms with E-state index >= 15 is 0 Å². The Labute approximate surface area is 88.3 Å². The van der Waals surface area contributed by atoms with Crippen LogP contribution in [0.4, 0.5) is 5.69 Å². The lowest BCUT2D eigenvalue weighted by molar-refractivity contribution is 1.09. The monoisotopic (exact) mass is 191 g/mol. The number of hydrogen-bond acceptors (Lipinski definition) is 1. The number of hydrogen-bond donors (Lipinski definition) is 1. The largest absolute Gasteiger partial charge is 0.359 e. The van der Waals surface area contributed by atoms with Gasteiger partial charge in [0.2, 0.25) is 0 Å². The standard InChI is InChI=1S/C13H19N.H2/c1-5-12(6-2)14-13-10(3)8-7-9-11(13)4;/h5,7-9,14H,6H2,1-4H3;1H/b12-5+;. The molecule has 0 aliphatic rings. The smallest absolute Gasteiger partial charge is 0.0441 e. The normalized spacial score (nSPS) is 11.6. The number of aryl methyl sites for hydroxylation is 2. The van der Waals surface area contributed by atoms with Crippen LogP contribution >= 0.6 is 0 Å². The van der Waals surface area contributed by atoms with E-state index < -0.39 is 0 Å². The quantitative estimate of drug-likeness (QED) is 0.752. The van der Waals surface area contributed by atoms with Crippen LogP contribution in [-0.2, 0) is 0 Å². The third kappa shape index (κ3) is 2.38. The van der Waals surface area contributed by atoms with Crippen molar-refractivity contribution in [1.82, 2.24) is 0 Å². The fraction of sp³-hybridized carbons (Fsp3) is 0.385. The molecular formula is C13H21N. The molecule has 0 saturated carbocycles. The van der Waals surface area contributed by atoms with Gasteiger partial charge in [0.25, 0.3) is 0 Å². The molecular weight excluding hydrogens is 170 g/mol. The van der Waals surface area contributed by atoms with Gasteiger partial charge in [-0.15, -0.1) is 0 Å². The molecule has 0 bridgehead atoms. The number of benzene rings is 1. The SMILES string of the molecule is C/C=C(\CC)Nc1c(C)cccc1C.[HH]. The Kier molecular flexibility index (Phi) is 3.75. The Morgan fingerprint density at radius 1 is 1.36 bits per heavy atom. The molecule has 0 fully saturated rings. The van der Waals surface area contributed by atoms with Gasteiger partial charge in [-0.2, -0.15) is 0 Å². The molecule has 1 N–H and O–H groups in total. The molecule has 0 unspecified atom stereocenters. The number of anilines is 1. The molecule has 1 aromatic carbocycles. The Bertz CT molecular complexity index is 322. The summed E-state index contributed by atoms with van der Waals surface area (Å²) in [6.07, 6.45) is 3.18. The molecule has 0 amide bonds. The predicted octanol–water partition coefficient (Wildman–Crippen LogP) is 4.28. The second-order valence-electron chi connectivity index (χ2n) is 3.56. The number of nitrogens with one attached hydrogen (secondary N) is 1. The van der Waals surface area contributed by atoms with Crippen LogP contribution in [0.3, 0.4) is 0 Å². The van der Waals surface area contributed by atoms with Crippen molar-refractivity contribution in [2.24, 2.45) is 0 Å². The Morgan fingerprint density at radius 2 is 1.93 bits per heavy atom. The van der Waals surface area contributed by atoms with Gasteiger partial charge in [0, 0.05) is 12.8 Å². The zero-order chi connectivity index (χ0) is 10.6. The third-order valence-electron chi connectivity index (χ3n) is 2.50. The highest BCUT2D eigenvalue weighted by Crippen LogP contribution is 2.21. The maximum absolute atomic E-state index is 3.48. The van der Waals surface area contributed by atoms with Crippen LogP contribution in [0.1, 0.15) is 32.8 Å². The molecule has 1 rings (SSSR count). The number of rotatable bonds is 3. The minimum atomic E-state index is 0. The van der Waals surface area contributed by atoms with E-state index in [1.54, 1.807) is 0 Å². The molecule has 0 aliphatic heterocycles. The second kappa shape index (κ2) is 4.85. The van der Waals surface area contributed by atoms with Crippen LogP contribution in [0.25, 0.3) is 0 Å². The lowest BCUT2D eigenvalue weighted by Gasteiger charge is -2.14. The van der Waals surface area contributed by atoms with Crippen LogP contribution < -0.4 is 5.32 Å². The van der Waals surface area contributed by atoms with Gasteiger partial charge in [0.05, 0.1) is 0 Å². The maximum atomic E-state index is 3.48. The first-order valence-electron chi connectivity index (χ1n) is 5.17. The first kappa shape index (κ1) is 10.8. The second-order valence-corrected chi connectivity index (χ2v) is 3.56. The first-order valence-corrected chi connectivity index (χ1v) is 5.17. The minimum absolute atomic E-state index is 0. The van der Waals surface area contributed by atoms with E-state index in [2.05, 4.69) is 57.3 Å². The van der Waals surface area contributed by atoms with Gasteiger partial charge in [-0.3, -0.25) is 0 Å². The summed E-state index contributed by atoms with van der Waals surface area (Å²) >= 11 is 0. The van der Waals surface area contributed by atoms with Gasteiger partial charge >= 0.3 is 0 Å². The van der Waals surface area contributed by atoms with Crippen molar-refractivity contribution in [2.45, 2.75) is 34.1 Å². The molecule has 0 aliphatic carbocycles. The number of para-hydroxylation sites is 1. The molecule has 0 saturated heterocycles. The summed E-state index contributed by atoms with van der Waals surface area (Å²) in [6.45, 7) is 8.51. The summed E-state index contributed by atoms with van der Waals surface area (Å²) in [7, 11) is 0. The van der Waals surface area contributed by atoms with Gasteiger partial charge in [-0.1, -0.05) is 31.2 Å². The molecule has 0 atom stereocenters. The van der Waals surface area contributed by atoms with Gasteiger partial charge in [-0.25, -0.2) is 0 Å². The Balaban J connectivity index is 0.00000196. The molecule has 1 aromatic rings. The predicted molar refractivity (Wildman–Crippen MR) is 65.7 cm³/mol. The lowest BCUT2D eigenvalue weighted by atomic mass is 10.1. The van der Waals surface area contributed by atoms with Gasteiger partial charge in [0.15, 0.2) is 0 Å². The van der Waals surface area contributed by atoms with E-state index in [4.69, 9.17) is 0 Å². The van der Waals surface area contributed by atoms with Crippen molar-refractivity contribution in [3.8, 4) is 0 Å². The minimum Gasteiger partial charge on any atom is -0.359 e. The molecule has 0 aromatic heterocycles. The lowest BCUT2D eigenvalue weighted by Crippen LogP contribution is -2.01. The zero-order valence-corrected chi connectivity index (χ0v) is 9.52. The Morgan fingerprint density at radius 3 is 2.36 bits per heavy atom. The fourth-order valence-corrected chi connectivity index (χ4v) is 1.54. The third-order valence-corrected chi connectivity index (χ3v) is 2.50. The molecule has 0 spiro atoms. The van der Waals surface area contributed by atoms with E-state index in [0.717, 1.165) is 6.42 Å². The molecule has 1 heteroatoms. The molecule has 0 radical (unpaired) electrons. The van der Waals surface area contributed by atoms with Crippen LogP contribution in [0.15, 0.2) is 30.0 Å². The van der Waals surface area contributed by atoms with Crippen molar-refractivity contribution >= 4 is 5.69 Å². The summed E-state index contributed by atoms with van der Waals surface area (Å²) in [5.74, 6) is 0.